The van der Waals surface area contributed by atoms with Gasteiger partial charge in [0, 0.05) is 12.3 Å². The van der Waals surface area contributed by atoms with Crippen molar-refractivity contribution in [2.75, 3.05) is 12.9 Å². The van der Waals surface area contributed by atoms with Crippen LogP contribution in [0.25, 0.3) is 0 Å². The number of aromatic amines is 1. The number of rotatable bonds is 8. The van der Waals surface area contributed by atoms with Crippen LogP contribution in [-0.2, 0) is 27.9 Å². The monoisotopic (exact) mass is 550 g/mol. The molecule has 2 heterocycles. The number of hydrogen-bond acceptors (Lipinski definition) is 8. The van der Waals surface area contributed by atoms with Crippen molar-refractivity contribution in [3.8, 4) is 0 Å². The molecule has 1 aliphatic heterocycles. The minimum absolute atomic E-state index is 0.0721. The van der Waals surface area contributed by atoms with E-state index in [0.29, 0.717) is 0 Å². The molecular weight excluding hydrogens is 508 g/mol. The molecule has 1 saturated heterocycles. The van der Waals surface area contributed by atoms with E-state index in [1.807, 2.05) is 13.1 Å². The fourth-order valence-electron chi connectivity index (χ4n) is 3.16. The van der Waals surface area contributed by atoms with Gasteiger partial charge < -0.3 is 13.6 Å². The standard InChI is InChI=1S/C22H42N2O8SSi2/c1-21(2,3)34(8,9)29-14-15-17(31-33(7,27)28)18(32-35(10,11)22(4,5)6)19(30-15)24-13-12-16(25)23-20(24)26/h12-13,15,17-19H,14H2,1-11H3,(H,23,25,26). The van der Waals surface area contributed by atoms with E-state index >= 15 is 0 Å². The van der Waals surface area contributed by atoms with E-state index in [1.54, 1.807) is 0 Å². The second kappa shape index (κ2) is 9.99. The Morgan fingerprint density at radius 1 is 1.00 bits per heavy atom. The van der Waals surface area contributed by atoms with Gasteiger partial charge in [0.05, 0.1) is 12.9 Å². The minimum Gasteiger partial charge on any atom is -0.414 e. The van der Waals surface area contributed by atoms with Gasteiger partial charge in [-0.1, -0.05) is 41.5 Å². The smallest absolute Gasteiger partial charge is 0.330 e. The maximum Gasteiger partial charge on any atom is 0.330 e. The van der Waals surface area contributed by atoms with Crippen LogP contribution in [-0.4, -0.2) is 65.8 Å². The highest BCUT2D eigenvalue weighted by Crippen LogP contribution is 2.43. The van der Waals surface area contributed by atoms with E-state index in [1.165, 1.54) is 16.8 Å². The van der Waals surface area contributed by atoms with E-state index in [4.69, 9.17) is 17.8 Å². The summed E-state index contributed by atoms with van der Waals surface area (Å²) in [6.07, 6.45) is -1.52. The number of hydrogen-bond donors (Lipinski definition) is 1. The maximum atomic E-state index is 12.7. The topological polar surface area (TPSA) is 126 Å². The van der Waals surface area contributed by atoms with Gasteiger partial charge in [0.15, 0.2) is 22.9 Å². The lowest BCUT2D eigenvalue weighted by Crippen LogP contribution is -2.51. The van der Waals surface area contributed by atoms with E-state index in [0.717, 1.165) is 6.26 Å². The molecule has 1 aromatic heterocycles. The van der Waals surface area contributed by atoms with Crippen molar-refractivity contribution < 1.29 is 26.2 Å². The molecule has 1 N–H and O–H groups in total. The predicted molar refractivity (Wildman–Crippen MR) is 140 cm³/mol. The van der Waals surface area contributed by atoms with Crippen LogP contribution in [0.15, 0.2) is 21.9 Å². The molecule has 1 aromatic rings. The summed E-state index contributed by atoms with van der Waals surface area (Å²) >= 11 is 0. The molecule has 4 atom stereocenters. The molecule has 0 spiro atoms. The normalized spacial score (nSPS) is 24.7. The molecular formula is C22H42N2O8SSi2. The molecule has 1 fully saturated rings. The quantitative estimate of drug-likeness (QED) is 0.386. The highest BCUT2D eigenvalue weighted by molar-refractivity contribution is 7.86. The summed E-state index contributed by atoms with van der Waals surface area (Å²) in [6, 6.07) is 1.21. The van der Waals surface area contributed by atoms with Crippen LogP contribution in [0.5, 0.6) is 0 Å². The first kappa shape index (κ1) is 30.1. The van der Waals surface area contributed by atoms with Crippen molar-refractivity contribution >= 4 is 26.8 Å². The molecule has 10 nitrogen and oxygen atoms in total. The second-order valence-electron chi connectivity index (χ2n) is 12.3. The Bertz CT molecular complexity index is 1120. The summed E-state index contributed by atoms with van der Waals surface area (Å²) in [4.78, 5) is 26.6. The number of nitrogens with one attached hydrogen (secondary N) is 1. The predicted octanol–water partition coefficient (Wildman–Crippen LogP) is 3.19. The third-order valence-electron chi connectivity index (χ3n) is 7.35. The lowest BCUT2D eigenvalue weighted by Gasteiger charge is -2.40. The summed E-state index contributed by atoms with van der Waals surface area (Å²) in [5.74, 6) is 0. The summed E-state index contributed by atoms with van der Waals surface area (Å²) in [6.45, 7) is 20.8. The van der Waals surface area contributed by atoms with Gasteiger partial charge in [-0.3, -0.25) is 18.5 Å². The highest BCUT2D eigenvalue weighted by Gasteiger charge is 2.53. The third kappa shape index (κ3) is 7.24. The molecule has 35 heavy (non-hydrogen) atoms. The van der Waals surface area contributed by atoms with Crippen LogP contribution in [0.1, 0.15) is 47.8 Å². The first-order valence-corrected chi connectivity index (χ1v) is 19.4. The zero-order valence-corrected chi connectivity index (χ0v) is 25.6. The fourth-order valence-corrected chi connectivity index (χ4v) is 6.10. The van der Waals surface area contributed by atoms with E-state index in [-0.39, 0.29) is 16.7 Å². The van der Waals surface area contributed by atoms with Gasteiger partial charge in [0.1, 0.15) is 18.3 Å². The maximum absolute atomic E-state index is 12.7. The molecule has 4 unspecified atom stereocenters. The van der Waals surface area contributed by atoms with Gasteiger partial charge in [-0.25, -0.2) is 4.79 Å². The van der Waals surface area contributed by atoms with Crippen LogP contribution in [0.2, 0.25) is 36.3 Å². The van der Waals surface area contributed by atoms with Gasteiger partial charge in [-0.2, -0.15) is 8.42 Å². The molecule has 13 heteroatoms. The van der Waals surface area contributed by atoms with Crippen LogP contribution >= 0.6 is 0 Å². The van der Waals surface area contributed by atoms with Crippen molar-refractivity contribution in [2.45, 2.75) is 102 Å². The SMILES string of the molecule is CC(C)(C)[Si](C)(C)OCC1OC(n2ccc(=O)[nH]c2=O)C(O[Si](C)(C)C(C)(C)C)C1OS(C)(=O)=O. The van der Waals surface area contributed by atoms with Crippen molar-refractivity contribution in [1.82, 2.24) is 9.55 Å². The van der Waals surface area contributed by atoms with E-state index in [9.17, 15) is 18.0 Å². The Labute approximate surface area is 210 Å². The molecule has 0 bridgehead atoms. The van der Waals surface area contributed by atoms with Crippen LogP contribution in [0, 0.1) is 0 Å². The van der Waals surface area contributed by atoms with Crippen LogP contribution < -0.4 is 11.2 Å². The zero-order valence-electron chi connectivity index (χ0n) is 22.8. The van der Waals surface area contributed by atoms with E-state index in [2.05, 4.69) is 59.6 Å². The average molecular weight is 551 g/mol. The zero-order chi connectivity index (χ0) is 27.2. The first-order chi connectivity index (χ1) is 15.6. The minimum atomic E-state index is -3.90. The average Bonchev–Trinajstić information content (AvgIpc) is 2.93. The Morgan fingerprint density at radius 3 is 2.00 bits per heavy atom. The first-order valence-electron chi connectivity index (χ1n) is 11.7. The Morgan fingerprint density at radius 2 is 1.54 bits per heavy atom. The van der Waals surface area contributed by atoms with Crippen LogP contribution in [0.4, 0.5) is 0 Å². The lowest BCUT2D eigenvalue weighted by atomic mass is 10.1. The number of aromatic nitrogens is 2. The molecule has 0 aliphatic carbocycles. The summed E-state index contributed by atoms with van der Waals surface area (Å²) in [7, 11) is -8.60. The third-order valence-corrected chi connectivity index (χ3v) is 16.9. The summed E-state index contributed by atoms with van der Waals surface area (Å²) < 4.78 is 50.6. The van der Waals surface area contributed by atoms with Crippen molar-refractivity contribution in [2.24, 2.45) is 0 Å². The Hall–Kier alpha value is -1.10. The molecule has 2 rings (SSSR count). The Balaban J connectivity index is 2.58. The molecule has 1 aliphatic rings. The van der Waals surface area contributed by atoms with Gasteiger partial charge in [-0.05, 0) is 36.3 Å². The second-order valence-corrected chi connectivity index (χ2v) is 23.4. The van der Waals surface area contributed by atoms with Crippen LogP contribution in [0.3, 0.4) is 0 Å². The summed E-state index contributed by atoms with van der Waals surface area (Å²) in [5.41, 5.74) is -1.23. The molecule has 0 aromatic carbocycles. The highest BCUT2D eigenvalue weighted by atomic mass is 32.2. The number of nitrogens with zero attached hydrogens (tertiary/aromatic N) is 1. The number of H-pyrrole nitrogens is 1. The Kier molecular flexibility index (Phi) is 8.60. The van der Waals surface area contributed by atoms with Gasteiger partial charge in [0.25, 0.3) is 15.7 Å². The lowest BCUT2D eigenvalue weighted by molar-refractivity contribution is -0.0505. The molecule has 0 radical (unpaired) electrons. The van der Waals surface area contributed by atoms with Gasteiger partial charge in [0.2, 0.25) is 0 Å². The summed E-state index contributed by atoms with van der Waals surface area (Å²) in [5, 5.41) is -0.288. The van der Waals surface area contributed by atoms with Gasteiger partial charge in [-0.15, -0.1) is 0 Å². The van der Waals surface area contributed by atoms with E-state index < -0.39 is 62.5 Å². The van der Waals surface area contributed by atoms with Crippen molar-refractivity contribution in [3.63, 3.8) is 0 Å². The van der Waals surface area contributed by atoms with Crippen molar-refractivity contribution in [1.29, 1.82) is 0 Å². The van der Waals surface area contributed by atoms with Gasteiger partial charge >= 0.3 is 5.69 Å². The number of ether oxygens (including phenoxy) is 1. The molecule has 0 saturated carbocycles. The largest absolute Gasteiger partial charge is 0.414 e. The molecule has 202 valence electrons. The molecule has 0 amide bonds. The van der Waals surface area contributed by atoms with Crippen molar-refractivity contribution in [3.05, 3.63) is 33.1 Å². The fraction of sp³-hybridized carbons (Fsp3) is 0.818.